The van der Waals surface area contributed by atoms with E-state index in [-0.39, 0.29) is 17.7 Å². The van der Waals surface area contributed by atoms with Crippen LogP contribution < -0.4 is 9.47 Å². The Labute approximate surface area is 210 Å². The number of hydrogen-bond donors (Lipinski definition) is 0. The van der Waals surface area contributed by atoms with Crippen molar-refractivity contribution in [1.82, 2.24) is 5.01 Å². The fourth-order valence-corrected chi connectivity index (χ4v) is 4.88. The molecule has 3 aromatic carbocycles. The molecular formula is C29H29BrN2O2. The third-order valence-electron chi connectivity index (χ3n) is 6.37. The highest BCUT2D eigenvalue weighted by Gasteiger charge is 2.41. The SMILES string of the molecule is C=CCOc1ccc(C2=NN3[C@@H](C2)c2cc(Br)ccc2O[C@H]3c2ccc(C(C)(C)C)cc2)cc1. The van der Waals surface area contributed by atoms with E-state index in [9.17, 15) is 0 Å². The Morgan fingerprint density at radius 1 is 1.09 bits per heavy atom. The van der Waals surface area contributed by atoms with E-state index in [1.165, 1.54) is 5.56 Å². The van der Waals surface area contributed by atoms with Crippen LogP contribution in [0.4, 0.5) is 0 Å². The van der Waals surface area contributed by atoms with Gasteiger partial charge in [0.25, 0.3) is 0 Å². The highest BCUT2D eigenvalue weighted by Crippen LogP contribution is 2.48. The van der Waals surface area contributed by atoms with Crippen molar-refractivity contribution in [2.75, 3.05) is 6.61 Å². The first-order chi connectivity index (χ1) is 16.3. The fraction of sp³-hybridized carbons (Fsp3) is 0.276. The minimum absolute atomic E-state index is 0.105. The number of halogens is 1. The van der Waals surface area contributed by atoms with E-state index < -0.39 is 0 Å². The maximum Gasteiger partial charge on any atom is 0.213 e. The molecule has 34 heavy (non-hydrogen) atoms. The van der Waals surface area contributed by atoms with Crippen LogP contribution in [0.15, 0.2) is 89.0 Å². The zero-order valence-corrected chi connectivity index (χ0v) is 21.4. The number of ether oxygens (including phenoxy) is 2. The van der Waals surface area contributed by atoms with Gasteiger partial charge in [-0.3, -0.25) is 0 Å². The molecule has 0 aromatic heterocycles. The predicted octanol–water partition coefficient (Wildman–Crippen LogP) is 7.55. The van der Waals surface area contributed by atoms with Gasteiger partial charge >= 0.3 is 0 Å². The molecule has 5 heteroatoms. The summed E-state index contributed by atoms with van der Waals surface area (Å²) < 4.78 is 13.2. The van der Waals surface area contributed by atoms with Crippen molar-refractivity contribution < 1.29 is 9.47 Å². The standard InChI is InChI=1S/C29H29BrN2O2/c1-5-16-33-23-13-8-19(9-14-23)25-18-26-24-17-22(30)12-15-27(24)34-28(32(26)31-25)20-6-10-21(11-7-20)29(2,3)4/h5-15,17,26,28H,1,16,18H2,2-4H3/t26-,28-/m0/s1. The van der Waals surface area contributed by atoms with Crippen molar-refractivity contribution in [2.45, 2.75) is 44.9 Å². The maximum absolute atomic E-state index is 6.53. The molecule has 0 bridgehead atoms. The molecule has 2 atom stereocenters. The lowest BCUT2D eigenvalue weighted by atomic mass is 9.86. The summed E-state index contributed by atoms with van der Waals surface area (Å²) in [6.07, 6.45) is 2.29. The number of nitrogens with zero attached hydrogens (tertiary/aromatic N) is 2. The molecule has 0 radical (unpaired) electrons. The molecule has 2 aliphatic heterocycles. The summed E-state index contributed by atoms with van der Waals surface area (Å²) in [4.78, 5) is 0. The molecule has 4 nitrogen and oxygen atoms in total. The Balaban J connectivity index is 1.50. The largest absolute Gasteiger partial charge is 0.490 e. The Morgan fingerprint density at radius 3 is 2.50 bits per heavy atom. The van der Waals surface area contributed by atoms with Gasteiger partial charge in [0.2, 0.25) is 6.23 Å². The lowest BCUT2D eigenvalue weighted by Crippen LogP contribution is -2.33. The summed E-state index contributed by atoms with van der Waals surface area (Å²) in [7, 11) is 0. The van der Waals surface area contributed by atoms with E-state index in [4.69, 9.17) is 14.6 Å². The van der Waals surface area contributed by atoms with Crippen LogP contribution in [0.25, 0.3) is 0 Å². The molecule has 0 saturated carbocycles. The van der Waals surface area contributed by atoms with Crippen molar-refractivity contribution in [1.29, 1.82) is 0 Å². The third kappa shape index (κ3) is 4.37. The van der Waals surface area contributed by atoms with E-state index in [2.05, 4.69) is 96.8 Å². The lowest BCUT2D eigenvalue weighted by molar-refractivity contribution is -0.0191. The fourth-order valence-electron chi connectivity index (χ4n) is 4.50. The summed E-state index contributed by atoms with van der Waals surface area (Å²) in [5.41, 5.74) is 5.81. The molecule has 0 aliphatic carbocycles. The average Bonchev–Trinajstić information content (AvgIpc) is 3.28. The van der Waals surface area contributed by atoms with E-state index in [0.29, 0.717) is 6.61 Å². The first kappa shape index (κ1) is 22.7. The van der Waals surface area contributed by atoms with Gasteiger partial charge in [0.15, 0.2) is 0 Å². The van der Waals surface area contributed by atoms with Crippen molar-refractivity contribution in [3.63, 3.8) is 0 Å². The molecular weight excluding hydrogens is 488 g/mol. The minimum atomic E-state index is -0.277. The van der Waals surface area contributed by atoms with Crippen molar-refractivity contribution in [3.8, 4) is 11.5 Å². The Kier molecular flexibility index (Phi) is 5.98. The molecule has 0 amide bonds. The minimum Gasteiger partial charge on any atom is -0.490 e. The number of hydrazone groups is 1. The number of hydrogen-bond acceptors (Lipinski definition) is 4. The van der Waals surface area contributed by atoms with E-state index in [1.54, 1.807) is 6.08 Å². The van der Waals surface area contributed by atoms with Gasteiger partial charge in [0, 0.05) is 22.0 Å². The Morgan fingerprint density at radius 2 is 1.82 bits per heavy atom. The zero-order chi connectivity index (χ0) is 23.9. The first-order valence-corrected chi connectivity index (χ1v) is 12.4. The molecule has 2 heterocycles. The van der Waals surface area contributed by atoms with Crippen LogP contribution in [0.5, 0.6) is 11.5 Å². The highest BCUT2D eigenvalue weighted by molar-refractivity contribution is 9.10. The van der Waals surface area contributed by atoms with E-state index in [0.717, 1.165) is 44.8 Å². The number of rotatable bonds is 5. The maximum atomic E-state index is 6.53. The van der Waals surface area contributed by atoms with Gasteiger partial charge in [-0.25, -0.2) is 5.01 Å². The van der Waals surface area contributed by atoms with Gasteiger partial charge in [-0.1, -0.05) is 73.6 Å². The zero-order valence-electron chi connectivity index (χ0n) is 19.8. The summed E-state index contributed by atoms with van der Waals surface area (Å²) in [5.74, 6) is 1.74. The van der Waals surface area contributed by atoms with Gasteiger partial charge in [0.1, 0.15) is 18.1 Å². The second kappa shape index (κ2) is 8.95. The Bertz CT molecular complexity index is 1230. The quantitative estimate of drug-likeness (QED) is 0.328. The van der Waals surface area contributed by atoms with Gasteiger partial charge in [-0.2, -0.15) is 5.10 Å². The highest BCUT2D eigenvalue weighted by atomic mass is 79.9. The molecule has 3 aromatic rings. The molecule has 0 spiro atoms. The van der Waals surface area contributed by atoms with Crippen molar-refractivity contribution in [2.24, 2.45) is 5.10 Å². The summed E-state index contributed by atoms with van der Waals surface area (Å²) in [6.45, 7) is 10.9. The van der Waals surface area contributed by atoms with Crippen molar-refractivity contribution >= 4 is 21.6 Å². The van der Waals surface area contributed by atoms with E-state index >= 15 is 0 Å². The van der Waals surface area contributed by atoms with Crippen molar-refractivity contribution in [3.05, 3.63) is 106 Å². The lowest BCUT2D eigenvalue weighted by Gasteiger charge is -2.38. The molecule has 0 saturated heterocycles. The van der Waals surface area contributed by atoms with E-state index in [1.807, 2.05) is 18.2 Å². The summed E-state index contributed by atoms with van der Waals surface area (Å²) in [5, 5.41) is 7.21. The summed E-state index contributed by atoms with van der Waals surface area (Å²) >= 11 is 3.63. The molecule has 174 valence electrons. The van der Waals surface area contributed by atoms with Crippen LogP contribution in [0.2, 0.25) is 0 Å². The van der Waals surface area contributed by atoms with Gasteiger partial charge in [-0.15, -0.1) is 0 Å². The second-order valence-corrected chi connectivity index (χ2v) is 10.7. The van der Waals surface area contributed by atoms with Crippen LogP contribution in [0.1, 0.15) is 61.7 Å². The van der Waals surface area contributed by atoms with Crippen LogP contribution in [0, 0.1) is 0 Å². The number of fused-ring (bicyclic) bond motifs is 3. The monoisotopic (exact) mass is 516 g/mol. The van der Waals surface area contributed by atoms with Gasteiger partial charge in [0.05, 0.1) is 11.8 Å². The van der Waals surface area contributed by atoms with Crippen LogP contribution in [-0.4, -0.2) is 17.3 Å². The number of benzene rings is 3. The molecule has 2 aliphatic rings. The Hall–Kier alpha value is -3.05. The normalized spacial score (nSPS) is 19.1. The second-order valence-electron chi connectivity index (χ2n) is 9.80. The molecule has 5 rings (SSSR count). The van der Waals surface area contributed by atoms with Crippen LogP contribution >= 0.6 is 15.9 Å². The van der Waals surface area contributed by atoms with Crippen LogP contribution in [-0.2, 0) is 5.41 Å². The first-order valence-electron chi connectivity index (χ1n) is 11.6. The van der Waals surface area contributed by atoms with Gasteiger partial charge in [-0.05, 0) is 59.0 Å². The molecule has 0 fully saturated rings. The smallest absolute Gasteiger partial charge is 0.213 e. The molecule has 0 unspecified atom stereocenters. The van der Waals surface area contributed by atoms with Crippen LogP contribution in [0.3, 0.4) is 0 Å². The predicted molar refractivity (Wildman–Crippen MR) is 141 cm³/mol. The van der Waals surface area contributed by atoms with Gasteiger partial charge < -0.3 is 9.47 Å². The molecule has 0 N–H and O–H groups in total. The average molecular weight is 517 g/mol. The topological polar surface area (TPSA) is 34.1 Å². The summed E-state index contributed by atoms with van der Waals surface area (Å²) in [6, 6.07) is 23.2. The third-order valence-corrected chi connectivity index (χ3v) is 6.86.